The molecule has 1 rings (SSSR count). The smallest absolute Gasteiger partial charge is 0.334 e. The molecule has 14 heavy (non-hydrogen) atoms. The van der Waals surface area contributed by atoms with Crippen molar-refractivity contribution in [1.82, 2.24) is 4.90 Å². The molecule has 1 heterocycles. The average molecular weight is 224 g/mol. The Morgan fingerprint density at radius 1 is 1.64 bits per heavy atom. The molecule has 0 saturated carbocycles. The lowest BCUT2D eigenvalue weighted by atomic mass is 10.2. The summed E-state index contributed by atoms with van der Waals surface area (Å²) < 4.78 is 5.11. The van der Waals surface area contributed by atoms with E-state index in [1.165, 1.54) is 0 Å². The van der Waals surface area contributed by atoms with Gasteiger partial charge in [0, 0.05) is 19.6 Å². The van der Waals surface area contributed by atoms with E-state index in [1.54, 1.807) is 0 Å². The first kappa shape index (κ1) is 13.7. The highest BCUT2D eigenvalue weighted by Gasteiger charge is 2.25. The lowest BCUT2D eigenvalue weighted by molar-refractivity contribution is -0.156. The summed E-state index contributed by atoms with van der Waals surface area (Å²) in [5, 5.41) is 8.74. The number of hydrogen-bond donors (Lipinski definition) is 1. The van der Waals surface area contributed by atoms with Crippen molar-refractivity contribution in [2.24, 2.45) is 5.92 Å². The minimum atomic E-state index is -0.853. The molecule has 84 valence electrons. The van der Waals surface area contributed by atoms with E-state index in [0.717, 1.165) is 13.1 Å². The van der Waals surface area contributed by atoms with Gasteiger partial charge in [0.15, 0.2) is 6.10 Å². The first-order chi connectivity index (χ1) is 6.09. The fourth-order valence-corrected chi connectivity index (χ4v) is 1.53. The van der Waals surface area contributed by atoms with Crippen molar-refractivity contribution in [3.05, 3.63) is 0 Å². The van der Waals surface area contributed by atoms with Gasteiger partial charge in [-0.15, -0.1) is 12.4 Å². The van der Waals surface area contributed by atoms with E-state index < -0.39 is 12.1 Å². The molecule has 0 aromatic carbocycles. The summed E-state index contributed by atoms with van der Waals surface area (Å²) in [6.07, 6.45) is -0.632. The summed E-state index contributed by atoms with van der Waals surface area (Å²) in [7, 11) is 0. The van der Waals surface area contributed by atoms with Gasteiger partial charge in [0.1, 0.15) is 0 Å². The molecule has 4 nitrogen and oxygen atoms in total. The van der Waals surface area contributed by atoms with Crippen molar-refractivity contribution < 1.29 is 14.6 Å². The van der Waals surface area contributed by atoms with E-state index in [1.807, 2.05) is 0 Å². The van der Waals surface area contributed by atoms with Crippen LogP contribution in [0.4, 0.5) is 0 Å². The molecule has 0 bridgehead atoms. The zero-order valence-electron chi connectivity index (χ0n) is 8.60. The number of carboxylic acids is 1. The molecule has 0 aliphatic carbocycles. The van der Waals surface area contributed by atoms with Gasteiger partial charge in [-0.25, -0.2) is 4.79 Å². The van der Waals surface area contributed by atoms with Gasteiger partial charge < -0.3 is 9.84 Å². The van der Waals surface area contributed by atoms with Crippen LogP contribution >= 0.6 is 12.4 Å². The number of rotatable bonds is 3. The molecule has 5 heteroatoms. The van der Waals surface area contributed by atoms with E-state index in [0.29, 0.717) is 19.1 Å². The lowest BCUT2D eigenvalue weighted by Crippen LogP contribution is -2.47. The predicted molar refractivity (Wildman–Crippen MR) is 55.9 cm³/mol. The molecule has 1 fully saturated rings. The molecule has 0 aromatic heterocycles. The van der Waals surface area contributed by atoms with E-state index in [9.17, 15) is 4.79 Å². The van der Waals surface area contributed by atoms with Crippen molar-refractivity contribution >= 4 is 18.4 Å². The van der Waals surface area contributed by atoms with Crippen molar-refractivity contribution in [3.63, 3.8) is 0 Å². The largest absolute Gasteiger partial charge is 0.479 e. The quantitative estimate of drug-likeness (QED) is 0.771. The Kier molecular flexibility index (Phi) is 6.08. The molecule has 0 radical (unpaired) electrons. The number of hydrogen-bond acceptors (Lipinski definition) is 3. The van der Waals surface area contributed by atoms with Crippen LogP contribution in [0.1, 0.15) is 13.8 Å². The predicted octanol–water partition coefficient (Wildman–Crippen LogP) is 0.850. The zero-order valence-corrected chi connectivity index (χ0v) is 9.42. The molecular weight excluding hydrogens is 206 g/mol. The second kappa shape index (κ2) is 6.22. The summed E-state index contributed by atoms with van der Waals surface area (Å²) in [4.78, 5) is 12.8. The van der Waals surface area contributed by atoms with Crippen LogP contribution in [-0.4, -0.2) is 48.3 Å². The first-order valence-electron chi connectivity index (χ1n) is 4.66. The summed E-state index contributed by atoms with van der Waals surface area (Å²) in [5.74, 6) is -0.277. The minimum absolute atomic E-state index is 0. The normalized spacial score (nSPS) is 23.2. The number of ether oxygens (including phenoxy) is 1. The number of aliphatic carboxylic acids is 1. The molecule has 1 atom stereocenters. The second-order valence-electron chi connectivity index (χ2n) is 3.85. The van der Waals surface area contributed by atoms with E-state index in [4.69, 9.17) is 9.84 Å². The van der Waals surface area contributed by atoms with Crippen molar-refractivity contribution in [2.75, 3.05) is 26.2 Å². The Bertz CT molecular complexity index is 187. The third kappa shape index (κ3) is 4.26. The summed E-state index contributed by atoms with van der Waals surface area (Å²) in [6.45, 7) is 7.11. The maximum absolute atomic E-state index is 10.6. The Labute approximate surface area is 90.6 Å². The van der Waals surface area contributed by atoms with Gasteiger partial charge in [0.05, 0.1) is 6.61 Å². The maximum atomic E-state index is 10.6. The average Bonchev–Trinajstić information content (AvgIpc) is 2.03. The van der Waals surface area contributed by atoms with Gasteiger partial charge in [0.2, 0.25) is 0 Å². The molecular formula is C9H18ClNO3. The van der Waals surface area contributed by atoms with E-state index in [-0.39, 0.29) is 12.4 Å². The van der Waals surface area contributed by atoms with Crippen LogP contribution in [0.25, 0.3) is 0 Å². The molecule has 1 aliphatic rings. The molecule has 0 spiro atoms. The number of carbonyl (C=O) groups is 1. The Morgan fingerprint density at radius 3 is 2.79 bits per heavy atom. The Hall–Kier alpha value is -0.320. The Balaban J connectivity index is 0.00000169. The standard InChI is InChI=1S/C9H17NO3.ClH/c1-7(2)5-10-3-4-13-8(6-10)9(11)12;/h7-8H,3-6H2,1-2H3,(H,11,12);1H. The van der Waals surface area contributed by atoms with Crippen molar-refractivity contribution in [1.29, 1.82) is 0 Å². The van der Waals surface area contributed by atoms with Gasteiger partial charge in [-0.05, 0) is 5.92 Å². The van der Waals surface area contributed by atoms with Crippen LogP contribution < -0.4 is 0 Å². The molecule has 1 aliphatic heterocycles. The fourth-order valence-electron chi connectivity index (χ4n) is 1.53. The van der Waals surface area contributed by atoms with Gasteiger partial charge in [-0.1, -0.05) is 13.8 Å². The lowest BCUT2D eigenvalue weighted by Gasteiger charge is -2.31. The van der Waals surface area contributed by atoms with Crippen LogP contribution in [0, 0.1) is 5.92 Å². The van der Waals surface area contributed by atoms with Gasteiger partial charge in [-0.2, -0.15) is 0 Å². The molecule has 1 N–H and O–H groups in total. The third-order valence-corrected chi connectivity index (χ3v) is 2.05. The van der Waals surface area contributed by atoms with Crippen molar-refractivity contribution in [2.45, 2.75) is 20.0 Å². The van der Waals surface area contributed by atoms with Crippen molar-refractivity contribution in [3.8, 4) is 0 Å². The summed E-state index contributed by atoms with van der Waals surface area (Å²) >= 11 is 0. The third-order valence-electron chi connectivity index (χ3n) is 2.05. The SMILES string of the molecule is CC(C)CN1CCOC(C(=O)O)C1.Cl. The van der Waals surface area contributed by atoms with Crippen LogP contribution in [0.15, 0.2) is 0 Å². The highest BCUT2D eigenvalue weighted by molar-refractivity contribution is 5.85. The van der Waals surface area contributed by atoms with Crippen LogP contribution in [-0.2, 0) is 9.53 Å². The molecule has 0 amide bonds. The monoisotopic (exact) mass is 223 g/mol. The number of morpholine rings is 1. The summed E-state index contributed by atoms with van der Waals surface area (Å²) in [6, 6.07) is 0. The highest BCUT2D eigenvalue weighted by atomic mass is 35.5. The van der Waals surface area contributed by atoms with E-state index in [2.05, 4.69) is 18.7 Å². The zero-order chi connectivity index (χ0) is 9.84. The number of halogens is 1. The topological polar surface area (TPSA) is 49.8 Å². The van der Waals surface area contributed by atoms with Gasteiger partial charge >= 0.3 is 5.97 Å². The molecule has 1 saturated heterocycles. The second-order valence-corrected chi connectivity index (χ2v) is 3.85. The van der Waals surface area contributed by atoms with E-state index >= 15 is 0 Å². The first-order valence-corrected chi connectivity index (χ1v) is 4.66. The number of carboxylic acid groups (broad SMARTS) is 1. The minimum Gasteiger partial charge on any atom is -0.479 e. The van der Waals surface area contributed by atoms with Gasteiger partial charge in [-0.3, -0.25) is 4.90 Å². The molecule has 1 unspecified atom stereocenters. The van der Waals surface area contributed by atoms with Gasteiger partial charge in [0.25, 0.3) is 0 Å². The maximum Gasteiger partial charge on any atom is 0.334 e. The van der Waals surface area contributed by atoms with Crippen LogP contribution in [0.5, 0.6) is 0 Å². The summed E-state index contributed by atoms with van der Waals surface area (Å²) in [5.41, 5.74) is 0. The van der Waals surface area contributed by atoms with Crippen LogP contribution in [0.2, 0.25) is 0 Å². The molecule has 0 aromatic rings. The highest BCUT2D eigenvalue weighted by Crippen LogP contribution is 2.07. The fraction of sp³-hybridized carbons (Fsp3) is 0.889. The number of nitrogens with zero attached hydrogens (tertiary/aromatic N) is 1. The Morgan fingerprint density at radius 2 is 2.29 bits per heavy atom. The van der Waals surface area contributed by atoms with Crippen LogP contribution in [0.3, 0.4) is 0 Å².